The molecule has 1 aromatic carbocycles. The van der Waals surface area contributed by atoms with Gasteiger partial charge in [-0.05, 0) is 24.3 Å². The van der Waals surface area contributed by atoms with Gasteiger partial charge in [0.25, 0.3) is 10.0 Å². The number of nitrogens with zero attached hydrogens (tertiary/aromatic N) is 1. The van der Waals surface area contributed by atoms with Crippen LogP contribution >= 0.6 is 0 Å². The molecule has 0 aliphatic heterocycles. The summed E-state index contributed by atoms with van der Waals surface area (Å²) in [5.74, 6) is -1.40. The zero-order valence-electron chi connectivity index (χ0n) is 10.2. The number of hydrogen-bond acceptors (Lipinski definition) is 4. The van der Waals surface area contributed by atoms with E-state index in [9.17, 15) is 17.2 Å². The Bertz CT molecular complexity index is 735. The number of nitrogens with two attached hydrogens (primary N) is 1. The summed E-state index contributed by atoms with van der Waals surface area (Å²) in [5, 5.41) is 0. The summed E-state index contributed by atoms with van der Waals surface area (Å²) in [7, 11) is -4.03. The molecular formula is C12H11F2N3O2S. The van der Waals surface area contributed by atoms with Crippen LogP contribution in [0, 0.1) is 11.6 Å². The molecule has 0 unspecified atom stereocenters. The molecule has 8 heteroatoms. The first-order chi connectivity index (χ1) is 9.44. The van der Waals surface area contributed by atoms with Crippen LogP contribution in [0.3, 0.4) is 0 Å². The SMILES string of the molecule is NCc1cc(S(=O)(=O)Nc2ccncc2F)ccc1F. The molecule has 106 valence electrons. The van der Waals surface area contributed by atoms with Crippen LogP contribution in [0.5, 0.6) is 0 Å². The lowest BCUT2D eigenvalue weighted by Crippen LogP contribution is -2.15. The highest BCUT2D eigenvalue weighted by atomic mass is 32.2. The van der Waals surface area contributed by atoms with Gasteiger partial charge in [-0.3, -0.25) is 9.71 Å². The fourth-order valence-electron chi connectivity index (χ4n) is 1.54. The van der Waals surface area contributed by atoms with Crippen molar-refractivity contribution in [3.63, 3.8) is 0 Å². The Kier molecular flexibility index (Phi) is 3.96. The van der Waals surface area contributed by atoms with Gasteiger partial charge in [0.2, 0.25) is 0 Å². The molecule has 0 atom stereocenters. The number of benzene rings is 1. The Morgan fingerprint density at radius 1 is 1.20 bits per heavy atom. The van der Waals surface area contributed by atoms with E-state index in [4.69, 9.17) is 5.73 Å². The summed E-state index contributed by atoms with van der Waals surface area (Å²) < 4.78 is 52.9. The van der Waals surface area contributed by atoms with Crippen LogP contribution in [0.15, 0.2) is 41.6 Å². The number of halogens is 2. The summed E-state index contributed by atoms with van der Waals surface area (Å²) in [6.07, 6.45) is 2.13. The highest BCUT2D eigenvalue weighted by Gasteiger charge is 2.17. The second-order valence-corrected chi connectivity index (χ2v) is 5.60. The normalized spacial score (nSPS) is 11.3. The van der Waals surface area contributed by atoms with Crippen LogP contribution in [0.1, 0.15) is 5.56 Å². The van der Waals surface area contributed by atoms with Gasteiger partial charge in [0.05, 0.1) is 16.8 Å². The third-order valence-corrected chi connectivity index (χ3v) is 3.93. The van der Waals surface area contributed by atoms with Gasteiger partial charge in [-0.1, -0.05) is 0 Å². The maximum atomic E-state index is 13.4. The molecule has 0 bridgehead atoms. The summed E-state index contributed by atoms with van der Waals surface area (Å²) in [6.45, 7) is -0.140. The molecule has 0 fully saturated rings. The van der Waals surface area contributed by atoms with Crippen LogP contribution in [0.2, 0.25) is 0 Å². The summed E-state index contributed by atoms with van der Waals surface area (Å²) >= 11 is 0. The molecule has 2 aromatic rings. The second-order valence-electron chi connectivity index (χ2n) is 3.92. The van der Waals surface area contributed by atoms with Crippen LogP contribution in [-0.2, 0) is 16.6 Å². The number of rotatable bonds is 4. The predicted molar refractivity (Wildman–Crippen MR) is 69.3 cm³/mol. The largest absolute Gasteiger partial charge is 0.326 e. The monoisotopic (exact) mass is 299 g/mol. The van der Waals surface area contributed by atoms with E-state index in [1.807, 2.05) is 0 Å². The molecule has 1 heterocycles. The molecule has 2 rings (SSSR count). The third-order valence-electron chi connectivity index (χ3n) is 2.56. The Labute approximate surface area is 114 Å². The second kappa shape index (κ2) is 5.51. The number of aromatic nitrogens is 1. The average Bonchev–Trinajstić information content (AvgIpc) is 2.41. The first-order valence-corrected chi connectivity index (χ1v) is 7.03. The molecule has 0 amide bonds. The first-order valence-electron chi connectivity index (χ1n) is 5.55. The van der Waals surface area contributed by atoms with Crippen molar-refractivity contribution in [3.8, 4) is 0 Å². The third kappa shape index (κ3) is 2.91. The van der Waals surface area contributed by atoms with Crippen LogP contribution in [-0.4, -0.2) is 13.4 Å². The van der Waals surface area contributed by atoms with Crippen LogP contribution < -0.4 is 10.5 Å². The lowest BCUT2D eigenvalue weighted by Gasteiger charge is -2.10. The van der Waals surface area contributed by atoms with Crippen molar-refractivity contribution in [1.82, 2.24) is 4.98 Å². The molecule has 20 heavy (non-hydrogen) atoms. The molecule has 0 saturated heterocycles. The zero-order valence-corrected chi connectivity index (χ0v) is 11.0. The molecule has 0 aliphatic rings. The fraction of sp³-hybridized carbons (Fsp3) is 0.0833. The highest BCUT2D eigenvalue weighted by molar-refractivity contribution is 7.92. The number of anilines is 1. The quantitative estimate of drug-likeness (QED) is 0.898. The van der Waals surface area contributed by atoms with E-state index in [0.29, 0.717) is 0 Å². The molecule has 0 aliphatic carbocycles. The van der Waals surface area contributed by atoms with E-state index >= 15 is 0 Å². The standard InChI is InChI=1S/C12H11F2N3O2S/c13-10-2-1-9(5-8(10)6-15)20(18,19)17-12-3-4-16-7-11(12)14/h1-5,7H,6,15H2,(H,16,17). The lowest BCUT2D eigenvalue weighted by atomic mass is 10.2. The molecule has 5 nitrogen and oxygen atoms in total. The van der Waals surface area contributed by atoms with Crippen molar-refractivity contribution in [2.45, 2.75) is 11.4 Å². The summed E-state index contributed by atoms with van der Waals surface area (Å²) in [5.41, 5.74) is 5.14. The van der Waals surface area contributed by atoms with Gasteiger partial charge in [-0.15, -0.1) is 0 Å². The van der Waals surface area contributed by atoms with Crippen molar-refractivity contribution in [3.05, 3.63) is 53.9 Å². The minimum Gasteiger partial charge on any atom is -0.326 e. The topological polar surface area (TPSA) is 85.1 Å². The van der Waals surface area contributed by atoms with E-state index in [0.717, 1.165) is 24.4 Å². The van der Waals surface area contributed by atoms with Gasteiger partial charge in [-0.25, -0.2) is 17.2 Å². The Morgan fingerprint density at radius 2 is 1.95 bits per heavy atom. The minimum absolute atomic E-state index is 0.0584. The maximum Gasteiger partial charge on any atom is 0.262 e. The van der Waals surface area contributed by atoms with Gasteiger partial charge < -0.3 is 5.73 Å². The summed E-state index contributed by atoms with van der Waals surface area (Å²) in [6, 6.07) is 4.37. The smallest absolute Gasteiger partial charge is 0.262 e. The van der Waals surface area contributed by atoms with Gasteiger partial charge in [0, 0.05) is 18.3 Å². The van der Waals surface area contributed by atoms with Crippen LogP contribution in [0.25, 0.3) is 0 Å². The van der Waals surface area contributed by atoms with Crippen molar-refractivity contribution >= 4 is 15.7 Å². The van der Waals surface area contributed by atoms with Gasteiger partial charge in [0.15, 0.2) is 5.82 Å². The Hall–Kier alpha value is -2.06. The van der Waals surface area contributed by atoms with Crippen LogP contribution in [0.4, 0.5) is 14.5 Å². The number of hydrogen-bond donors (Lipinski definition) is 2. The molecule has 1 aromatic heterocycles. The van der Waals surface area contributed by atoms with Gasteiger partial charge in [-0.2, -0.15) is 0 Å². The van der Waals surface area contributed by atoms with E-state index in [-0.39, 0.29) is 22.7 Å². The average molecular weight is 299 g/mol. The highest BCUT2D eigenvalue weighted by Crippen LogP contribution is 2.20. The van der Waals surface area contributed by atoms with Crippen molar-refractivity contribution in [1.29, 1.82) is 0 Å². The molecule has 0 saturated carbocycles. The van der Waals surface area contributed by atoms with Crippen molar-refractivity contribution in [2.24, 2.45) is 5.73 Å². The first kappa shape index (κ1) is 14.4. The van der Waals surface area contributed by atoms with Crippen molar-refractivity contribution in [2.75, 3.05) is 4.72 Å². The number of sulfonamides is 1. The van der Waals surface area contributed by atoms with E-state index < -0.39 is 21.7 Å². The van der Waals surface area contributed by atoms with E-state index in [2.05, 4.69) is 9.71 Å². The van der Waals surface area contributed by atoms with E-state index in [1.165, 1.54) is 12.3 Å². The predicted octanol–water partition coefficient (Wildman–Crippen LogP) is 1.62. The molecule has 0 spiro atoms. The minimum atomic E-state index is -4.03. The molecule has 0 radical (unpaired) electrons. The lowest BCUT2D eigenvalue weighted by molar-refractivity contribution is 0.594. The molecular weight excluding hydrogens is 288 g/mol. The fourth-order valence-corrected chi connectivity index (χ4v) is 2.65. The maximum absolute atomic E-state index is 13.4. The van der Waals surface area contributed by atoms with Gasteiger partial charge in [0.1, 0.15) is 5.82 Å². The van der Waals surface area contributed by atoms with E-state index in [1.54, 1.807) is 0 Å². The number of nitrogens with one attached hydrogen (secondary N) is 1. The summed E-state index contributed by atoms with van der Waals surface area (Å²) in [4.78, 5) is 3.31. The Balaban J connectivity index is 2.38. The molecule has 3 N–H and O–H groups in total. The van der Waals surface area contributed by atoms with Crippen molar-refractivity contribution < 1.29 is 17.2 Å². The Morgan fingerprint density at radius 3 is 2.60 bits per heavy atom. The number of pyridine rings is 1. The van der Waals surface area contributed by atoms with Gasteiger partial charge >= 0.3 is 0 Å². The zero-order chi connectivity index (χ0) is 14.8.